The number of hydrogen-bond donors (Lipinski definition) is 1. The second-order valence-electron chi connectivity index (χ2n) is 2.68. The molecule has 1 N–H and O–H groups in total. The molecule has 0 radical (unpaired) electrons. The highest BCUT2D eigenvalue weighted by Gasteiger charge is 2.16. The van der Waals surface area contributed by atoms with E-state index >= 15 is 0 Å². The summed E-state index contributed by atoms with van der Waals surface area (Å²) in [6, 6.07) is 0. The van der Waals surface area contributed by atoms with Crippen LogP contribution < -0.4 is 0 Å². The van der Waals surface area contributed by atoms with Gasteiger partial charge in [0.2, 0.25) is 0 Å². The molecule has 0 saturated carbocycles. The fraction of sp³-hybridized carbons (Fsp3) is 0.714. The summed E-state index contributed by atoms with van der Waals surface area (Å²) in [7, 11) is 0. The van der Waals surface area contributed by atoms with Crippen LogP contribution in [0.1, 0.15) is 19.8 Å². The van der Waals surface area contributed by atoms with E-state index in [1.807, 2.05) is 0 Å². The fourth-order valence-corrected chi connectivity index (χ4v) is 1.41. The van der Waals surface area contributed by atoms with Gasteiger partial charge in [-0.3, -0.25) is 0 Å². The van der Waals surface area contributed by atoms with Crippen LogP contribution in [-0.2, 0) is 0 Å². The molecular weight excluding hydrogens is 180 g/mol. The van der Waals surface area contributed by atoms with Crippen molar-refractivity contribution >= 4 is 15.9 Å². The van der Waals surface area contributed by atoms with Gasteiger partial charge in [-0.2, -0.15) is 0 Å². The molecule has 0 saturated heterocycles. The van der Waals surface area contributed by atoms with Crippen LogP contribution >= 0.6 is 15.9 Å². The molecule has 2 heteroatoms. The standard InChI is InChI=1S/C7H11BrO/c1-5-2-3-6(8)7(9)4-5/h3,5,7,9H,2,4H2,1H3. The predicted octanol–water partition coefficient (Wildman–Crippen LogP) is 2.06. The van der Waals surface area contributed by atoms with Crippen molar-refractivity contribution in [2.75, 3.05) is 0 Å². The SMILES string of the molecule is CC1CC=C(Br)C(O)C1. The molecule has 0 aliphatic heterocycles. The molecule has 2 unspecified atom stereocenters. The maximum absolute atomic E-state index is 9.23. The van der Waals surface area contributed by atoms with Crippen LogP contribution in [0.4, 0.5) is 0 Å². The Morgan fingerprint density at radius 3 is 2.89 bits per heavy atom. The van der Waals surface area contributed by atoms with Gasteiger partial charge in [0.25, 0.3) is 0 Å². The molecular formula is C7H11BrO. The second-order valence-corrected chi connectivity index (χ2v) is 3.60. The summed E-state index contributed by atoms with van der Waals surface area (Å²) >= 11 is 3.29. The summed E-state index contributed by atoms with van der Waals surface area (Å²) in [4.78, 5) is 0. The van der Waals surface area contributed by atoms with Gasteiger partial charge in [-0.25, -0.2) is 0 Å². The van der Waals surface area contributed by atoms with Crippen LogP contribution in [0.25, 0.3) is 0 Å². The molecule has 0 heterocycles. The number of halogens is 1. The van der Waals surface area contributed by atoms with Gasteiger partial charge >= 0.3 is 0 Å². The minimum Gasteiger partial charge on any atom is -0.388 e. The maximum Gasteiger partial charge on any atom is 0.0854 e. The van der Waals surface area contributed by atoms with Gasteiger partial charge in [-0.15, -0.1) is 0 Å². The number of aliphatic hydroxyl groups excluding tert-OH is 1. The Balaban J connectivity index is 2.56. The van der Waals surface area contributed by atoms with E-state index in [0.717, 1.165) is 17.3 Å². The van der Waals surface area contributed by atoms with Crippen LogP contribution in [0.2, 0.25) is 0 Å². The van der Waals surface area contributed by atoms with Crippen molar-refractivity contribution in [1.29, 1.82) is 0 Å². The van der Waals surface area contributed by atoms with Crippen molar-refractivity contribution in [2.45, 2.75) is 25.9 Å². The summed E-state index contributed by atoms with van der Waals surface area (Å²) in [5.41, 5.74) is 0. The number of rotatable bonds is 0. The number of allylic oxidation sites excluding steroid dienone is 1. The lowest BCUT2D eigenvalue weighted by molar-refractivity contribution is 0.180. The van der Waals surface area contributed by atoms with E-state index in [0.29, 0.717) is 5.92 Å². The van der Waals surface area contributed by atoms with E-state index in [9.17, 15) is 5.11 Å². The topological polar surface area (TPSA) is 20.2 Å². The van der Waals surface area contributed by atoms with Gasteiger partial charge in [0.05, 0.1) is 6.10 Å². The smallest absolute Gasteiger partial charge is 0.0854 e. The van der Waals surface area contributed by atoms with Crippen LogP contribution in [0, 0.1) is 5.92 Å². The fourth-order valence-electron chi connectivity index (χ4n) is 1.04. The van der Waals surface area contributed by atoms with Crippen LogP contribution in [0.15, 0.2) is 10.6 Å². The first kappa shape index (κ1) is 7.29. The molecule has 0 bridgehead atoms. The van der Waals surface area contributed by atoms with Crippen molar-refractivity contribution in [1.82, 2.24) is 0 Å². The van der Waals surface area contributed by atoms with Crippen LogP contribution in [-0.4, -0.2) is 11.2 Å². The Morgan fingerprint density at radius 2 is 2.44 bits per heavy atom. The highest BCUT2D eigenvalue weighted by atomic mass is 79.9. The minimum atomic E-state index is -0.242. The Hall–Kier alpha value is 0.180. The van der Waals surface area contributed by atoms with E-state index in [4.69, 9.17) is 0 Å². The Labute approximate surface area is 63.9 Å². The van der Waals surface area contributed by atoms with Crippen molar-refractivity contribution in [3.05, 3.63) is 10.6 Å². The zero-order valence-corrected chi connectivity index (χ0v) is 7.06. The highest BCUT2D eigenvalue weighted by Crippen LogP contribution is 2.26. The maximum atomic E-state index is 9.23. The van der Waals surface area contributed by atoms with Gasteiger partial charge in [0.15, 0.2) is 0 Å². The molecule has 2 atom stereocenters. The lowest BCUT2D eigenvalue weighted by atomic mass is 9.95. The Morgan fingerprint density at radius 1 is 1.78 bits per heavy atom. The molecule has 0 aromatic heterocycles. The predicted molar refractivity (Wildman–Crippen MR) is 41.4 cm³/mol. The molecule has 9 heavy (non-hydrogen) atoms. The van der Waals surface area contributed by atoms with Crippen molar-refractivity contribution < 1.29 is 5.11 Å². The highest BCUT2D eigenvalue weighted by molar-refractivity contribution is 9.11. The normalized spacial score (nSPS) is 36.1. The van der Waals surface area contributed by atoms with Crippen molar-refractivity contribution in [2.24, 2.45) is 5.92 Å². The zero-order valence-electron chi connectivity index (χ0n) is 5.47. The third-order valence-corrected chi connectivity index (χ3v) is 2.51. The average Bonchev–Trinajstić information content (AvgIpc) is 1.80. The quantitative estimate of drug-likeness (QED) is 0.621. The Kier molecular flexibility index (Phi) is 2.30. The summed E-state index contributed by atoms with van der Waals surface area (Å²) in [5, 5.41) is 9.23. The second kappa shape index (κ2) is 2.84. The Bertz CT molecular complexity index is 131. The molecule has 1 aliphatic rings. The molecule has 52 valence electrons. The van der Waals surface area contributed by atoms with Crippen molar-refractivity contribution in [3.8, 4) is 0 Å². The molecule has 0 aromatic carbocycles. The summed E-state index contributed by atoms with van der Waals surface area (Å²) in [5.74, 6) is 0.640. The van der Waals surface area contributed by atoms with E-state index in [-0.39, 0.29) is 6.10 Å². The van der Waals surface area contributed by atoms with Gasteiger partial charge in [-0.05, 0) is 18.8 Å². The number of hydrogen-bond acceptors (Lipinski definition) is 1. The van der Waals surface area contributed by atoms with Crippen LogP contribution in [0.3, 0.4) is 0 Å². The minimum absolute atomic E-state index is 0.242. The van der Waals surface area contributed by atoms with Crippen molar-refractivity contribution in [3.63, 3.8) is 0 Å². The van der Waals surface area contributed by atoms with E-state index in [2.05, 4.69) is 28.9 Å². The summed E-state index contributed by atoms with van der Waals surface area (Å²) in [6.45, 7) is 2.15. The third-order valence-electron chi connectivity index (χ3n) is 1.66. The van der Waals surface area contributed by atoms with Gasteiger partial charge in [-0.1, -0.05) is 28.9 Å². The molecule has 0 aromatic rings. The lowest BCUT2D eigenvalue weighted by Gasteiger charge is -2.19. The molecule has 1 nitrogen and oxygen atoms in total. The van der Waals surface area contributed by atoms with E-state index in [1.165, 1.54) is 0 Å². The molecule has 1 aliphatic carbocycles. The van der Waals surface area contributed by atoms with E-state index in [1.54, 1.807) is 0 Å². The monoisotopic (exact) mass is 190 g/mol. The van der Waals surface area contributed by atoms with E-state index < -0.39 is 0 Å². The van der Waals surface area contributed by atoms with Gasteiger partial charge < -0.3 is 5.11 Å². The first-order valence-electron chi connectivity index (χ1n) is 3.23. The summed E-state index contributed by atoms with van der Waals surface area (Å²) in [6.07, 6.45) is 3.81. The van der Waals surface area contributed by atoms with Crippen LogP contribution in [0.5, 0.6) is 0 Å². The van der Waals surface area contributed by atoms with Gasteiger partial charge in [0.1, 0.15) is 0 Å². The molecule has 0 amide bonds. The largest absolute Gasteiger partial charge is 0.388 e. The third kappa shape index (κ3) is 1.80. The zero-order chi connectivity index (χ0) is 6.85. The average molecular weight is 191 g/mol. The first-order valence-corrected chi connectivity index (χ1v) is 4.03. The first-order chi connectivity index (χ1) is 4.20. The summed E-state index contributed by atoms with van der Waals surface area (Å²) < 4.78 is 0.959. The molecule has 0 fully saturated rings. The lowest BCUT2D eigenvalue weighted by Crippen LogP contribution is -2.15. The molecule has 0 spiro atoms. The molecule has 1 rings (SSSR count). The van der Waals surface area contributed by atoms with Gasteiger partial charge in [0, 0.05) is 4.48 Å². The number of aliphatic hydroxyl groups is 1.